The molecule has 0 saturated heterocycles. The Balaban J connectivity index is 2.57. The summed E-state index contributed by atoms with van der Waals surface area (Å²) in [5.74, 6) is 0. The van der Waals surface area contributed by atoms with Crippen molar-refractivity contribution in [2.45, 2.75) is 24.8 Å². The molecule has 0 aliphatic carbocycles. The molecular weight excluding hydrogens is 300 g/mol. The van der Waals surface area contributed by atoms with Crippen LogP contribution in [0.25, 0.3) is 10.9 Å². The van der Waals surface area contributed by atoms with Crippen LogP contribution in [0.3, 0.4) is 0 Å². The minimum absolute atomic E-state index is 0.0533. The molecule has 0 radical (unpaired) electrons. The second kappa shape index (κ2) is 5.65. The summed E-state index contributed by atoms with van der Waals surface area (Å²) in [6.07, 6.45) is -0.765. The molecule has 0 bridgehead atoms. The second-order valence-electron chi connectivity index (χ2n) is 4.62. The highest BCUT2D eigenvalue weighted by Gasteiger charge is 2.19. The maximum Gasteiger partial charge on any atom is 0.242 e. The van der Waals surface area contributed by atoms with Crippen LogP contribution < -0.4 is 4.72 Å². The van der Waals surface area contributed by atoms with E-state index < -0.39 is 16.1 Å². The highest BCUT2D eigenvalue weighted by atomic mass is 35.5. The Labute approximate surface area is 122 Å². The molecule has 2 N–H and O–H groups in total. The zero-order valence-electron chi connectivity index (χ0n) is 11.1. The number of aromatic nitrogens is 1. The number of para-hydroxylation sites is 1. The molecule has 1 aromatic carbocycles. The van der Waals surface area contributed by atoms with Gasteiger partial charge >= 0.3 is 0 Å². The van der Waals surface area contributed by atoms with Gasteiger partial charge < -0.3 is 5.11 Å². The van der Waals surface area contributed by atoms with Crippen molar-refractivity contribution >= 4 is 32.5 Å². The van der Waals surface area contributed by atoms with E-state index in [0.717, 1.165) is 5.56 Å². The molecule has 0 fully saturated rings. The molecule has 2 rings (SSSR count). The number of fused-ring (bicyclic) bond motifs is 1. The summed E-state index contributed by atoms with van der Waals surface area (Å²) in [7, 11) is -3.74. The Morgan fingerprint density at radius 3 is 2.80 bits per heavy atom. The third kappa shape index (κ3) is 3.09. The number of aryl methyl sites for hydroxylation is 1. The van der Waals surface area contributed by atoms with Gasteiger partial charge in [0.2, 0.25) is 10.0 Å². The molecule has 1 heterocycles. The fraction of sp³-hybridized carbons (Fsp3) is 0.308. The summed E-state index contributed by atoms with van der Waals surface area (Å²) in [5.41, 5.74) is 1.10. The van der Waals surface area contributed by atoms with E-state index in [-0.39, 0.29) is 16.6 Å². The van der Waals surface area contributed by atoms with Gasteiger partial charge in [0.05, 0.1) is 11.6 Å². The number of hydrogen-bond donors (Lipinski definition) is 2. The molecule has 1 atom stereocenters. The average molecular weight is 315 g/mol. The van der Waals surface area contributed by atoms with Crippen LogP contribution in [0.4, 0.5) is 0 Å². The van der Waals surface area contributed by atoms with E-state index in [4.69, 9.17) is 11.6 Å². The van der Waals surface area contributed by atoms with Crippen LogP contribution in [0.15, 0.2) is 29.2 Å². The zero-order chi connectivity index (χ0) is 14.9. The summed E-state index contributed by atoms with van der Waals surface area (Å²) in [6, 6.07) is 6.68. The lowest BCUT2D eigenvalue weighted by molar-refractivity contribution is 0.198. The van der Waals surface area contributed by atoms with Gasteiger partial charge in [0, 0.05) is 11.9 Å². The summed E-state index contributed by atoms with van der Waals surface area (Å²) in [6.45, 7) is 3.25. The lowest BCUT2D eigenvalue weighted by atomic mass is 10.2. The van der Waals surface area contributed by atoms with Crippen LogP contribution in [0.5, 0.6) is 0 Å². The normalized spacial score (nSPS) is 13.6. The second-order valence-corrected chi connectivity index (χ2v) is 6.72. The van der Waals surface area contributed by atoms with Gasteiger partial charge in [-0.1, -0.05) is 23.7 Å². The fourth-order valence-corrected chi connectivity index (χ4v) is 3.21. The quantitative estimate of drug-likeness (QED) is 0.844. The standard InChI is InChI=1S/C13H15ClN2O3S/c1-8-6-10-4-3-5-11(12(10)16-13(8)14)20(18,19)15-7-9(2)17/h3-6,9,15,17H,7H2,1-2H3/t9-/m0/s1. The van der Waals surface area contributed by atoms with E-state index in [2.05, 4.69) is 9.71 Å². The first-order chi connectivity index (χ1) is 9.31. The van der Waals surface area contributed by atoms with Crippen LogP contribution in [-0.4, -0.2) is 31.2 Å². The third-order valence-electron chi connectivity index (χ3n) is 2.80. The van der Waals surface area contributed by atoms with Crippen LogP contribution >= 0.6 is 11.6 Å². The predicted molar refractivity (Wildman–Crippen MR) is 78.4 cm³/mol. The molecule has 0 unspecified atom stereocenters. The topological polar surface area (TPSA) is 79.3 Å². The highest BCUT2D eigenvalue weighted by molar-refractivity contribution is 7.89. The first-order valence-electron chi connectivity index (χ1n) is 6.05. The Morgan fingerprint density at radius 1 is 1.45 bits per heavy atom. The largest absolute Gasteiger partial charge is 0.392 e. The summed E-state index contributed by atoms with van der Waals surface area (Å²) < 4.78 is 26.8. The Kier molecular flexibility index (Phi) is 4.29. The van der Waals surface area contributed by atoms with Crippen molar-refractivity contribution in [3.63, 3.8) is 0 Å². The Bertz CT molecular complexity index is 745. The molecule has 0 saturated carbocycles. The zero-order valence-corrected chi connectivity index (χ0v) is 12.7. The number of aliphatic hydroxyl groups is 1. The van der Waals surface area contributed by atoms with E-state index in [1.54, 1.807) is 18.2 Å². The van der Waals surface area contributed by atoms with Gasteiger partial charge in [-0.2, -0.15) is 0 Å². The number of nitrogens with one attached hydrogen (secondary N) is 1. The van der Waals surface area contributed by atoms with Crippen LogP contribution in [0.2, 0.25) is 5.15 Å². The predicted octanol–water partition coefficient (Wildman–Crippen LogP) is 1.86. The van der Waals surface area contributed by atoms with Crippen LogP contribution in [0.1, 0.15) is 12.5 Å². The summed E-state index contributed by atoms with van der Waals surface area (Å²) in [5, 5.41) is 10.2. The van der Waals surface area contributed by atoms with Gasteiger partial charge in [-0.25, -0.2) is 18.1 Å². The van der Waals surface area contributed by atoms with E-state index in [0.29, 0.717) is 10.9 Å². The molecule has 1 aromatic heterocycles. The first kappa shape index (κ1) is 15.2. The smallest absolute Gasteiger partial charge is 0.242 e. The average Bonchev–Trinajstić information content (AvgIpc) is 2.37. The van der Waals surface area contributed by atoms with Crippen molar-refractivity contribution in [2.24, 2.45) is 0 Å². The molecule has 20 heavy (non-hydrogen) atoms. The van der Waals surface area contributed by atoms with Crippen LogP contribution in [-0.2, 0) is 10.0 Å². The van der Waals surface area contributed by atoms with E-state index in [1.165, 1.54) is 13.0 Å². The van der Waals surface area contributed by atoms with Crippen molar-refractivity contribution < 1.29 is 13.5 Å². The molecular formula is C13H15ClN2O3S. The van der Waals surface area contributed by atoms with E-state index in [9.17, 15) is 13.5 Å². The molecule has 0 aliphatic heterocycles. The molecule has 0 spiro atoms. The number of benzene rings is 1. The number of rotatable bonds is 4. The van der Waals surface area contributed by atoms with Crippen molar-refractivity contribution in [1.29, 1.82) is 0 Å². The minimum Gasteiger partial charge on any atom is -0.392 e. The molecule has 2 aromatic rings. The molecule has 5 nitrogen and oxygen atoms in total. The maximum atomic E-state index is 12.2. The Hall–Kier alpha value is -1.21. The van der Waals surface area contributed by atoms with Gasteiger partial charge in [-0.15, -0.1) is 0 Å². The summed E-state index contributed by atoms with van der Waals surface area (Å²) in [4.78, 5) is 4.21. The van der Waals surface area contributed by atoms with E-state index in [1.807, 2.05) is 6.92 Å². The number of hydrogen-bond acceptors (Lipinski definition) is 4. The number of pyridine rings is 1. The number of nitrogens with zero attached hydrogens (tertiary/aromatic N) is 1. The van der Waals surface area contributed by atoms with Crippen LogP contribution in [0, 0.1) is 6.92 Å². The van der Waals surface area contributed by atoms with Crippen molar-refractivity contribution in [3.05, 3.63) is 35.0 Å². The molecule has 0 aliphatic rings. The van der Waals surface area contributed by atoms with Crippen molar-refractivity contribution in [1.82, 2.24) is 9.71 Å². The van der Waals surface area contributed by atoms with Gasteiger partial charge in [-0.05, 0) is 31.5 Å². The molecule has 0 amide bonds. The third-order valence-corrected chi connectivity index (χ3v) is 4.63. The lowest BCUT2D eigenvalue weighted by Crippen LogP contribution is -2.30. The van der Waals surface area contributed by atoms with Crippen molar-refractivity contribution in [2.75, 3.05) is 6.54 Å². The van der Waals surface area contributed by atoms with E-state index >= 15 is 0 Å². The fourth-order valence-electron chi connectivity index (χ4n) is 1.78. The number of sulfonamides is 1. The maximum absolute atomic E-state index is 12.2. The van der Waals surface area contributed by atoms with Gasteiger partial charge in [-0.3, -0.25) is 0 Å². The van der Waals surface area contributed by atoms with Gasteiger partial charge in [0.1, 0.15) is 10.0 Å². The summed E-state index contributed by atoms with van der Waals surface area (Å²) >= 11 is 5.97. The monoisotopic (exact) mass is 314 g/mol. The van der Waals surface area contributed by atoms with Gasteiger partial charge in [0.15, 0.2) is 0 Å². The Morgan fingerprint density at radius 2 is 2.15 bits per heavy atom. The minimum atomic E-state index is -3.74. The first-order valence-corrected chi connectivity index (χ1v) is 7.91. The van der Waals surface area contributed by atoms with Crippen molar-refractivity contribution in [3.8, 4) is 0 Å². The number of aliphatic hydroxyl groups excluding tert-OH is 1. The number of halogens is 1. The molecule has 108 valence electrons. The SMILES string of the molecule is Cc1cc2cccc(S(=O)(=O)NC[C@H](C)O)c2nc1Cl. The lowest BCUT2D eigenvalue weighted by Gasteiger charge is -2.11. The van der Waals surface area contributed by atoms with Gasteiger partial charge in [0.25, 0.3) is 0 Å². The highest BCUT2D eigenvalue weighted by Crippen LogP contribution is 2.25. The molecule has 7 heteroatoms.